The Kier molecular flexibility index (Phi) is 8.06. The van der Waals surface area contributed by atoms with Gasteiger partial charge in [0, 0.05) is 0 Å². The Morgan fingerprint density at radius 2 is 1.54 bits per heavy atom. The van der Waals surface area contributed by atoms with Crippen LogP contribution >= 0.6 is 0 Å². The van der Waals surface area contributed by atoms with Crippen molar-refractivity contribution in [3.8, 4) is 0 Å². The summed E-state index contributed by atoms with van der Waals surface area (Å²) >= 11 is 0. The maximum Gasteiger partial charge on any atom is 0.264 e. The number of sulfonamides is 1. The van der Waals surface area contributed by atoms with Gasteiger partial charge < -0.3 is 5.32 Å². The number of aryl methyl sites for hydroxylation is 2. The van der Waals surface area contributed by atoms with Gasteiger partial charge in [-0.05, 0) is 60.6 Å². The number of benzene rings is 3. The van der Waals surface area contributed by atoms with Crippen LogP contribution in [-0.4, -0.2) is 20.9 Å². The van der Waals surface area contributed by atoms with Crippen LogP contribution in [0, 0.1) is 6.92 Å². The summed E-state index contributed by atoms with van der Waals surface area (Å²) in [6, 6.07) is 21.9. The van der Waals surface area contributed by atoms with E-state index in [1.807, 2.05) is 45.0 Å². The van der Waals surface area contributed by atoms with Crippen molar-refractivity contribution in [3.63, 3.8) is 0 Å². The van der Waals surface area contributed by atoms with Crippen LogP contribution in [0.1, 0.15) is 62.9 Å². The molecule has 1 N–H and O–H groups in total. The molecule has 0 fully saturated rings. The van der Waals surface area contributed by atoms with Gasteiger partial charge in [-0.15, -0.1) is 0 Å². The molecule has 5 nitrogen and oxygen atoms in total. The van der Waals surface area contributed by atoms with Gasteiger partial charge >= 0.3 is 0 Å². The zero-order valence-electron chi connectivity index (χ0n) is 21.5. The van der Waals surface area contributed by atoms with Crippen molar-refractivity contribution >= 4 is 21.6 Å². The molecule has 1 amide bonds. The van der Waals surface area contributed by atoms with Crippen LogP contribution in [0.3, 0.4) is 0 Å². The second kappa shape index (κ2) is 10.6. The number of hydrogen-bond acceptors (Lipinski definition) is 3. The molecule has 0 aliphatic rings. The molecule has 0 aromatic heterocycles. The van der Waals surface area contributed by atoms with Crippen LogP contribution in [0.2, 0.25) is 0 Å². The Balaban J connectivity index is 1.89. The minimum atomic E-state index is -3.95. The lowest BCUT2D eigenvalue weighted by Gasteiger charge is -2.27. The summed E-state index contributed by atoms with van der Waals surface area (Å²) in [6.07, 6.45) is 0.647. The van der Waals surface area contributed by atoms with Crippen molar-refractivity contribution in [2.45, 2.75) is 64.3 Å². The Morgan fingerprint density at radius 1 is 0.943 bits per heavy atom. The third-order valence-corrected chi connectivity index (χ3v) is 7.97. The number of amides is 1. The summed E-state index contributed by atoms with van der Waals surface area (Å²) in [4.78, 5) is 13.3. The summed E-state index contributed by atoms with van der Waals surface area (Å²) in [5.41, 5.74) is 4.57. The van der Waals surface area contributed by atoms with Crippen molar-refractivity contribution in [1.29, 1.82) is 0 Å². The fraction of sp³-hybridized carbons (Fsp3) is 0.345. The molecule has 0 spiro atoms. The Hall–Kier alpha value is -3.12. The minimum absolute atomic E-state index is 0.0442. The van der Waals surface area contributed by atoms with E-state index in [-0.39, 0.29) is 28.8 Å². The lowest BCUT2D eigenvalue weighted by atomic mass is 9.86. The number of anilines is 1. The van der Waals surface area contributed by atoms with Crippen molar-refractivity contribution in [2.75, 3.05) is 10.8 Å². The number of para-hydroxylation sites is 1. The quantitative estimate of drug-likeness (QED) is 0.424. The van der Waals surface area contributed by atoms with Gasteiger partial charge in [-0.25, -0.2) is 8.42 Å². The SMILES string of the molecule is CCc1ccccc1N(CC(=O)N[C@H](C)c1ccc(C(C)(C)C)cc1)S(=O)(=O)c1ccc(C)cc1. The predicted molar refractivity (Wildman–Crippen MR) is 143 cm³/mol. The van der Waals surface area contributed by atoms with Gasteiger partial charge in [0.25, 0.3) is 10.0 Å². The molecule has 35 heavy (non-hydrogen) atoms. The Bertz CT molecular complexity index is 1260. The van der Waals surface area contributed by atoms with Crippen LogP contribution in [0.5, 0.6) is 0 Å². The van der Waals surface area contributed by atoms with Gasteiger partial charge in [-0.3, -0.25) is 9.10 Å². The van der Waals surface area contributed by atoms with Crippen molar-refractivity contribution < 1.29 is 13.2 Å². The first-order valence-corrected chi connectivity index (χ1v) is 13.4. The van der Waals surface area contributed by atoms with E-state index in [1.54, 1.807) is 36.4 Å². The maximum atomic E-state index is 13.7. The summed E-state index contributed by atoms with van der Waals surface area (Å²) in [5.74, 6) is -0.362. The minimum Gasteiger partial charge on any atom is -0.348 e. The van der Waals surface area contributed by atoms with Gasteiger partial charge in [-0.1, -0.05) is 87.9 Å². The largest absolute Gasteiger partial charge is 0.348 e. The molecule has 3 rings (SSSR count). The van der Waals surface area contributed by atoms with Gasteiger partial charge in [0.1, 0.15) is 6.54 Å². The highest BCUT2D eigenvalue weighted by Crippen LogP contribution is 2.28. The summed E-state index contributed by atoms with van der Waals surface area (Å²) in [7, 11) is -3.95. The fourth-order valence-corrected chi connectivity index (χ4v) is 5.42. The number of hydrogen-bond donors (Lipinski definition) is 1. The van der Waals surface area contributed by atoms with Crippen LogP contribution in [0.15, 0.2) is 77.7 Å². The first kappa shape index (κ1) is 26.5. The van der Waals surface area contributed by atoms with E-state index < -0.39 is 10.0 Å². The molecule has 1 atom stereocenters. The summed E-state index contributed by atoms with van der Waals surface area (Å²) in [6.45, 7) is 11.9. The molecule has 0 aliphatic heterocycles. The fourth-order valence-electron chi connectivity index (χ4n) is 3.96. The van der Waals surface area contributed by atoms with Gasteiger partial charge in [0.2, 0.25) is 5.91 Å². The van der Waals surface area contributed by atoms with Crippen LogP contribution in [0.25, 0.3) is 0 Å². The lowest BCUT2D eigenvalue weighted by Crippen LogP contribution is -2.42. The lowest BCUT2D eigenvalue weighted by molar-refractivity contribution is -0.120. The monoisotopic (exact) mass is 492 g/mol. The zero-order chi connectivity index (χ0) is 25.8. The molecule has 6 heteroatoms. The van der Waals surface area contributed by atoms with Crippen molar-refractivity contribution in [1.82, 2.24) is 5.32 Å². The number of carbonyl (C=O) groups excluding carboxylic acids is 1. The summed E-state index contributed by atoms with van der Waals surface area (Å²) < 4.78 is 28.6. The van der Waals surface area contributed by atoms with Gasteiger partial charge in [0.15, 0.2) is 0 Å². The van der Waals surface area contributed by atoms with Crippen molar-refractivity contribution in [3.05, 3.63) is 95.1 Å². The highest BCUT2D eigenvalue weighted by atomic mass is 32.2. The van der Waals surface area contributed by atoms with E-state index >= 15 is 0 Å². The summed E-state index contributed by atoms with van der Waals surface area (Å²) in [5, 5.41) is 2.98. The smallest absolute Gasteiger partial charge is 0.264 e. The van der Waals surface area contributed by atoms with Crippen LogP contribution in [0.4, 0.5) is 5.69 Å². The van der Waals surface area contributed by atoms with Gasteiger partial charge in [0.05, 0.1) is 16.6 Å². The topological polar surface area (TPSA) is 66.5 Å². The van der Waals surface area contributed by atoms with Crippen LogP contribution < -0.4 is 9.62 Å². The van der Waals surface area contributed by atoms with E-state index in [1.165, 1.54) is 9.87 Å². The first-order chi connectivity index (χ1) is 16.4. The van der Waals surface area contributed by atoms with E-state index in [9.17, 15) is 13.2 Å². The zero-order valence-corrected chi connectivity index (χ0v) is 22.3. The highest BCUT2D eigenvalue weighted by Gasteiger charge is 2.29. The standard InChI is InChI=1S/C29H36N2O3S/c1-7-23-10-8-9-11-27(23)31(35(33,34)26-18-12-21(2)13-19-26)20-28(32)30-22(3)24-14-16-25(17-15-24)29(4,5)6/h8-19,22H,7,20H2,1-6H3,(H,30,32)/t22-/m1/s1. The van der Waals surface area contributed by atoms with E-state index in [0.29, 0.717) is 12.1 Å². The van der Waals surface area contributed by atoms with Gasteiger partial charge in [-0.2, -0.15) is 0 Å². The predicted octanol–water partition coefficient (Wildman–Crippen LogP) is 5.93. The molecule has 0 radical (unpaired) electrons. The number of nitrogens with one attached hydrogen (secondary N) is 1. The third kappa shape index (κ3) is 6.31. The number of rotatable bonds is 8. The molecule has 3 aromatic carbocycles. The molecule has 0 aliphatic carbocycles. The van der Waals surface area contributed by atoms with E-state index in [4.69, 9.17) is 0 Å². The molecule has 186 valence electrons. The highest BCUT2D eigenvalue weighted by molar-refractivity contribution is 7.92. The first-order valence-electron chi connectivity index (χ1n) is 12.0. The van der Waals surface area contributed by atoms with Crippen LogP contribution in [-0.2, 0) is 26.7 Å². The molecule has 3 aromatic rings. The number of nitrogens with zero attached hydrogens (tertiary/aromatic N) is 1. The second-order valence-electron chi connectivity index (χ2n) is 9.97. The Labute approximate surface area is 210 Å². The molecule has 0 saturated heterocycles. The second-order valence-corrected chi connectivity index (χ2v) is 11.8. The average molecular weight is 493 g/mol. The van der Waals surface area contributed by atoms with E-state index in [0.717, 1.165) is 16.7 Å². The molecule has 0 heterocycles. The normalized spacial score (nSPS) is 12.7. The maximum absolute atomic E-state index is 13.7. The number of carbonyl (C=O) groups is 1. The molecule has 0 saturated carbocycles. The molecule has 0 unspecified atom stereocenters. The molecular formula is C29H36N2O3S. The Morgan fingerprint density at radius 3 is 2.11 bits per heavy atom. The van der Waals surface area contributed by atoms with E-state index in [2.05, 4.69) is 38.2 Å². The average Bonchev–Trinajstić information content (AvgIpc) is 2.82. The molecule has 0 bridgehead atoms. The van der Waals surface area contributed by atoms with Crippen molar-refractivity contribution in [2.24, 2.45) is 0 Å². The molecular weight excluding hydrogens is 456 g/mol. The third-order valence-electron chi connectivity index (χ3n) is 6.19.